The maximum Gasteiger partial charge on any atom is 0.326 e. The second-order valence-electron chi connectivity index (χ2n) is 8.87. The van der Waals surface area contributed by atoms with E-state index in [1.165, 1.54) is 18.6 Å². The van der Waals surface area contributed by atoms with E-state index in [1.54, 1.807) is 19.1 Å². The summed E-state index contributed by atoms with van der Waals surface area (Å²) in [5.74, 6) is -1.51. The number of hydrogen-bond donors (Lipinski definition) is 5. The number of urea groups is 1. The average molecular weight is 465 g/mol. The van der Waals surface area contributed by atoms with E-state index in [0.29, 0.717) is 31.7 Å². The topological polar surface area (TPSA) is 134 Å². The monoisotopic (exact) mass is 464 g/mol. The zero-order chi connectivity index (χ0) is 24.2. The number of aliphatic carboxylic acids is 1. The molecule has 0 heterocycles. The molecule has 0 unspecified atom stereocenters. The van der Waals surface area contributed by atoms with Crippen LogP contribution in [0.2, 0.25) is 0 Å². The third-order valence-electron chi connectivity index (χ3n) is 6.19. The molecule has 2 rings (SSSR count). The number of carbonyl (C=O) groups is 3. The van der Waals surface area contributed by atoms with Crippen LogP contribution in [-0.2, 0) is 9.59 Å². The van der Waals surface area contributed by atoms with Gasteiger partial charge in [-0.15, -0.1) is 0 Å². The van der Waals surface area contributed by atoms with Crippen LogP contribution in [0.15, 0.2) is 24.3 Å². The molecule has 0 aliphatic heterocycles. The minimum Gasteiger partial charge on any atom is -0.480 e. The van der Waals surface area contributed by atoms with Crippen LogP contribution in [0, 0.1) is 11.7 Å². The van der Waals surface area contributed by atoms with Crippen molar-refractivity contribution in [3.05, 3.63) is 35.6 Å². The number of nitrogens with two attached hydrogens (primary N) is 1. The number of nitrogens with one attached hydrogen (secondary N) is 3. The molecule has 184 valence electrons. The summed E-state index contributed by atoms with van der Waals surface area (Å²) in [6.07, 6.45) is 7.36. The van der Waals surface area contributed by atoms with E-state index in [9.17, 15) is 23.9 Å². The summed E-state index contributed by atoms with van der Waals surface area (Å²) in [5.41, 5.74) is 6.21. The molecule has 3 atom stereocenters. The normalized spacial score (nSPS) is 16.9. The molecule has 0 bridgehead atoms. The van der Waals surface area contributed by atoms with E-state index in [1.807, 2.05) is 0 Å². The van der Waals surface area contributed by atoms with Crippen LogP contribution in [0.1, 0.15) is 76.3 Å². The van der Waals surface area contributed by atoms with Crippen molar-refractivity contribution in [1.29, 1.82) is 0 Å². The molecule has 0 spiro atoms. The van der Waals surface area contributed by atoms with Gasteiger partial charge in [0.25, 0.3) is 0 Å². The number of rotatable bonds is 12. The summed E-state index contributed by atoms with van der Waals surface area (Å²) in [6.45, 7) is 2.25. The first-order valence-corrected chi connectivity index (χ1v) is 11.9. The van der Waals surface area contributed by atoms with Gasteiger partial charge in [0, 0.05) is 0 Å². The third-order valence-corrected chi connectivity index (χ3v) is 6.19. The van der Waals surface area contributed by atoms with Crippen LogP contribution in [-0.4, -0.2) is 41.6 Å². The molecule has 6 N–H and O–H groups in total. The summed E-state index contributed by atoms with van der Waals surface area (Å²) < 4.78 is 13.2. The van der Waals surface area contributed by atoms with Gasteiger partial charge < -0.3 is 26.8 Å². The molecule has 1 saturated carbocycles. The molecule has 33 heavy (non-hydrogen) atoms. The Hall–Kier alpha value is -2.68. The fourth-order valence-electron chi connectivity index (χ4n) is 4.24. The third kappa shape index (κ3) is 9.37. The summed E-state index contributed by atoms with van der Waals surface area (Å²) in [4.78, 5) is 37.2. The van der Waals surface area contributed by atoms with E-state index in [2.05, 4.69) is 16.0 Å². The zero-order valence-corrected chi connectivity index (χ0v) is 19.3. The summed E-state index contributed by atoms with van der Waals surface area (Å²) in [7, 11) is 0. The van der Waals surface area contributed by atoms with Gasteiger partial charge in [-0.2, -0.15) is 0 Å². The lowest BCUT2D eigenvalue weighted by Gasteiger charge is -2.28. The number of unbranched alkanes of at least 4 members (excludes halogenated alkanes) is 1. The standard InChI is InChI=1S/C24H37FN4O4/c1-16(18-10-12-19(25)13-11-18)27-22(30)21(15-17-7-3-2-4-8-17)29-24(33)28-20(23(31)32)9-5-6-14-26/h10-13,16-17,20-21H,2-9,14-15,26H2,1H3,(H,27,30)(H,31,32)(H2,28,29,33)/t16-,20-,21+/m0/s1. The molecule has 0 aromatic heterocycles. The van der Waals surface area contributed by atoms with Crippen molar-refractivity contribution in [3.8, 4) is 0 Å². The molecule has 9 heteroatoms. The van der Waals surface area contributed by atoms with Crippen molar-refractivity contribution < 1.29 is 23.9 Å². The van der Waals surface area contributed by atoms with E-state index >= 15 is 0 Å². The van der Waals surface area contributed by atoms with Gasteiger partial charge in [0.2, 0.25) is 5.91 Å². The predicted molar refractivity (Wildman–Crippen MR) is 124 cm³/mol. The Morgan fingerprint density at radius 1 is 1.03 bits per heavy atom. The molecule has 0 radical (unpaired) electrons. The highest BCUT2D eigenvalue weighted by molar-refractivity contribution is 5.89. The number of carboxylic acid groups (broad SMARTS) is 1. The molecule has 3 amide bonds. The smallest absolute Gasteiger partial charge is 0.326 e. The number of carboxylic acids is 1. The summed E-state index contributed by atoms with van der Waals surface area (Å²) in [5, 5.41) is 17.5. The Balaban J connectivity index is 2.03. The predicted octanol–water partition coefficient (Wildman–Crippen LogP) is 3.22. The van der Waals surface area contributed by atoms with Gasteiger partial charge in [0.1, 0.15) is 17.9 Å². The molecule has 1 fully saturated rings. The van der Waals surface area contributed by atoms with E-state index in [4.69, 9.17) is 5.73 Å². The average Bonchev–Trinajstić information content (AvgIpc) is 2.79. The molecule has 8 nitrogen and oxygen atoms in total. The Kier molecular flexibility index (Phi) is 11.1. The molecule has 1 aromatic rings. The first-order valence-electron chi connectivity index (χ1n) is 11.9. The number of carbonyl (C=O) groups excluding carboxylic acids is 2. The largest absolute Gasteiger partial charge is 0.480 e. The maximum absolute atomic E-state index is 13.2. The van der Waals surface area contributed by atoms with Gasteiger partial charge in [-0.3, -0.25) is 4.79 Å². The van der Waals surface area contributed by atoms with Crippen molar-refractivity contribution in [2.75, 3.05) is 6.54 Å². The van der Waals surface area contributed by atoms with Gasteiger partial charge in [0.05, 0.1) is 6.04 Å². The minimum atomic E-state index is -1.12. The Morgan fingerprint density at radius 2 is 1.67 bits per heavy atom. The molecule has 0 saturated heterocycles. The molecular weight excluding hydrogens is 427 g/mol. The van der Waals surface area contributed by atoms with E-state index in [-0.39, 0.29) is 24.2 Å². The fourth-order valence-corrected chi connectivity index (χ4v) is 4.24. The van der Waals surface area contributed by atoms with Crippen molar-refractivity contribution in [1.82, 2.24) is 16.0 Å². The van der Waals surface area contributed by atoms with Crippen LogP contribution >= 0.6 is 0 Å². The van der Waals surface area contributed by atoms with Gasteiger partial charge >= 0.3 is 12.0 Å². The summed E-state index contributed by atoms with van der Waals surface area (Å²) in [6, 6.07) is 2.98. The van der Waals surface area contributed by atoms with Crippen LogP contribution in [0.3, 0.4) is 0 Å². The number of benzene rings is 1. The van der Waals surface area contributed by atoms with Gasteiger partial charge in [-0.05, 0) is 62.8 Å². The van der Waals surface area contributed by atoms with Crippen LogP contribution < -0.4 is 21.7 Å². The van der Waals surface area contributed by atoms with Crippen molar-refractivity contribution in [2.24, 2.45) is 11.7 Å². The SMILES string of the molecule is C[C@H](NC(=O)[C@@H](CC1CCCCC1)NC(=O)N[C@@H](CCCCN)C(=O)O)c1ccc(F)cc1. The molecule has 1 aliphatic rings. The van der Waals surface area contributed by atoms with Gasteiger partial charge in [-0.1, -0.05) is 44.2 Å². The van der Waals surface area contributed by atoms with E-state index in [0.717, 1.165) is 31.2 Å². The fraction of sp³-hybridized carbons (Fsp3) is 0.625. The number of halogens is 1. The second-order valence-corrected chi connectivity index (χ2v) is 8.87. The van der Waals surface area contributed by atoms with Gasteiger partial charge in [-0.25, -0.2) is 14.0 Å². The lowest BCUT2D eigenvalue weighted by Crippen LogP contribution is -2.54. The number of hydrogen-bond acceptors (Lipinski definition) is 4. The maximum atomic E-state index is 13.2. The van der Waals surface area contributed by atoms with Gasteiger partial charge in [0.15, 0.2) is 0 Å². The highest BCUT2D eigenvalue weighted by Gasteiger charge is 2.28. The van der Waals surface area contributed by atoms with Crippen LogP contribution in [0.4, 0.5) is 9.18 Å². The Morgan fingerprint density at radius 3 is 2.27 bits per heavy atom. The second kappa shape index (κ2) is 13.8. The molecule has 1 aliphatic carbocycles. The quantitative estimate of drug-likeness (QED) is 0.303. The minimum absolute atomic E-state index is 0.265. The highest BCUT2D eigenvalue weighted by Crippen LogP contribution is 2.27. The zero-order valence-electron chi connectivity index (χ0n) is 19.3. The lowest BCUT2D eigenvalue weighted by atomic mass is 9.84. The Labute approximate surface area is 194 Å². The van der Waals surface area contributed by atoms with Crippen molar-refractivity contribution in [3.63, 3.8) is 0 Å². The van der Waals surface area contributed by atoms with Crippen molar-refractivity contribution >= 4 is 17.9 Å². The first-order chi connectivity index (χ1) is 15.8. The first kappa shape index (κ1) is 26.6. The lowest BCUT2D eigenvalue weighted by molar-refractivity contribution is -0.139. The highest BCUT2D eigenvalue weighted by atomic mass is 19.1. The number of amides is 3. The summed E-state index contributed by atoms with van der Waals surface area (Å²) >= 11 is 0. The van der Waals surface area contributed by atoms with Crippen LogP contribution in [0.5, 0.6) is 0 Å². The van der Waals surface area contributed by atoms with E-state index < -0.39 is 24.1 Å². The Bertz CT molecular complexity index is 768. The van der Waals surface area contributed by atoms with Crippen LogP contribution in [0.25, 0.3) is 0 Å². The molecular formula is C24H37FN4O4. The van der Waals surface area contributed by atoms with Crippen molar-refractivity contribution in [2.45, 2.75) is 82.8 Å². The molecule has 1 aromatic carbocycles.